The van der Waals surface area contributed by atoms with E-state index >= 15 is 0 Å². The van der Waals surface area contributed by atoms with E-state index in [0.717, 1.165) is 38.5 Å². The number of hydrogen-bond acceptors (Lipinski definition) is 4. The first-order valence-corrected chi connectivity index (χ1v) is 10.8. The smallest absolute Gasteiger partial charge is 0.305 e. The molecule has 4 heteroatoms. The first kappa shape index (κ1) is 21.1. The molecule has 0 radical (unpaired) electrons. The minimum absolute atomic E-state index is 0.122. The van der Waals surface area contributed by atoms with E-state index in [1.54, 1.807) is 0 Å². The molecule has 0 unspecified atom stereocenters. The monoisotopic (exact) mass is 386 g/mol. The first-order valence-electron chi connectivity index (χ1n) is 10.8. The maximum Gasteiger partial charge on any atom is 0.305 e. The number of carbonyl (C=O) groups excluding carboxylic acids is 1. The van der Waals surface area contributed by atoms with Gasteiger partial charge in [-0.05, 0) is 74.7 Å². The van der Waals surface area contributed by atoms with Crippen molar-refractivity contribution in [3.63, 3.8) is 0 Å². The lowest BCUT2D eigenvalue weighted by Gasteiger charge is -2.25. The van der Waals surface area contributed by atoms with E-state index in [-0.39, 0.29) is 30.0 Å². The third-order valence-electron chi connectivity index (χ3n) is 6.42. The Morgan fingerprint density at radius 2 is 1.96 bits per heavy atom. The zero-order chi connectivity index (χ0) is 19.8. The molecule has 1 saturated carbocycles. The van der Waals surface area contributed by atoms with Crippen LogP contribution in [0, 0.1) is 17.8 Å². The Bertz CT molecular complexity index is 627. The number of carbonyl (C=O) groups is 1. The molecule has 1 aromatic carbocycles. The van der Waals surface area contributed by atoms with Gasteiger partial charge in [0.1, 0.15) is 0 Å². The highest BCUT2D eigenvalue weighted by atomic mass is 16.5. The number of benzene rings is 1. The van der Waals surface area contributed by atoms with Crippen molar-refractivity contribution in [1.29, 1.82) is 0 Å². The van der Waals surface area contributed by atoms with Gasteiger partial charge in [-0.3, -0.25) is 4.79 Å². The second kappa shape index (κ2) is 10.8. The van der Waals surface area contributed by atoms with Crippen LogP contribution < -0.4 is 0 Å². The van der Waals surface area contributed by atoms with Gasteiger partial charge >= 0.3 is 5.97 Å². The Morgan fingerprint density at radius 1 is 1.14 bits per heavy atom. The van der Waals surface area contributed by atoms with Gasteiger partial charge in [-0.1, -0.05) is 42.5 Å². The van der Waals surface area contributed by atoms with E-state index < -0.39 is 0 Å². The minimum Gasteiger partial charge on any atom is -0.465 e. The predicted molar refractivity (Wildman–Crippen MR) is 110 cm³/mol. The second-order valence-corrected chi connectivity index (χ2v) is 8.43. The molecule has 1 heterocycles. The molecule has 0 amide bonds. The number of ether oxygens (including phenoxy) is 1. The standard InChI is InChI=1S/C24H34O4/c25-20(13-12-18-8-4-3-5-9-18)14-15-22-21-10-6-1-2-7-11-24(27)28-17-19(21)16-23(22)26/h1,3-6,8-9,19-23,25-26H,2,7,10-17H2/b6-1-/t19-,20+,21+,22-,23-/m1/s1. The molecule has 0 spiro atoms. The summed E-state index contributed by atoms with van der Waals surface area (Å²) >= 11 is 0. The molecular formula is C24H34O4. The van der Waals surface area contributed by atoms with Gasteiger partial charge < -0.3 is 14.9 Å². The molecule has 1 fully saturated rings. The zero-order valence-corrected chi connectivity index (χ0v) is 16.7. The predicted octanol–water partition coefficient (Wildman–Crippen LogP) is 4.05. The molecule has 0 aromatic heterocycles. The third kappa shape index (κ3) is 6.18. The highest BCUT2D eigenvalue weighted by Gasteiger charge is 2.42. The molecule has 5 atom stereocenters. The summed E-state index contributed by atoms with van der Waals surface area (Å²) in [5, 5.41) is 21.1. The van der Waals surface area contributed by atoms with Crippen LogP contribution in [0.15, 0.2) is 42.5 Å². The number of fused-ring (bicyclic) bond motifs is 1. The maximum atomic E-state index is 11.8. The Balaban J connectivity index is 1.52. The van der Waals surface area contributed by atoms with Gasteiger partial charge in [0.25, 0.3) is 0 Å². The van der Waals surface area contributed by atoms with E-state index in [9.17, 15) is 15.0 Å². The van der Waals surface area contributed by atoms with Crippen LogP contribution in [0.2, 0.25) is 0 Å². The lowest BCUT2D eigenvalue weighted by molar-refractivity contribution is -0.145. The summed E-state index contributed by atoms with van der Waals surface area (Å²) < 4.78 is 5.47. The third-order valence-corrected chi connectivity index (χ3v) is 6.42. The van der Waals surface area contributed by atoms with E-state index in [1.165, 1.54) is 5.56 Å². The van der Waals surface area contributed by atoms with Crippen LogP contribution in [0.1, 0.15) is 56.9 Å². The SMILES string of the molecule is O=C1CCC/C=C\C[C@H]2[C@@H](CO1)C[C@@H](O)[C@@H]2CC[C@@H](O)CCc1ccccc1. The number of esters is 1. The van der Waals surface area contributed by atoms with Crippen LogP contribution in [0.3, 0.4) is 0 Å². The number of aliphatic hydroxyl groups is 2. The quantitative estimate of drug-likeness (QED) is 0.572. The fraction of sp³-hybridized carbons (Fsp3) is 0.625. The number of aliphatic hydroxyl groups excluding tert-OH is 2. The van der Waals surface area contributed by atoms with Crippen molar-refractivity contribution >= 4 is 5.97 Å². The zero-order valence-electron chi connectivity index (χ0n) is 16.7. The number of cyclic esters (lactones) is 1. The van der Waals surface area contributed by atoms with Crippen LogP contribution in [0.4, 0.5) is 0 Å². The molecule has 28 heavy (non-hydrogen) atoms. The van der Waals surface area contributed by atoms with Gasteiger partial charge in [0.15, 0.2) is 0 Å². The molecule has 0 bridgehead atoms. The van der Waals surface area contributed by atoms with Gasteiger partial charge in [0, 0.05) is 6.42 Å². The summed E-state index contributed by atoms with van der Waals surface area (Å²) in [4.78, 5) is 11.8. The van der Waals surface area contributed by atoms with Crippen molar-refractivity contribution in [2.75, 3.05) is 6.61 Å². The number of allylic oxidation sites excluding steroid dienone is 2. The lowest BCUT2D eigenvalue weighted by Crippen LogP contribution is -2.24. The molecule has 0 saturated heterocycles. The highest BCUT2D eigenvalue weighted by molar-refractivity contribution is 5.69. The average Bonchev–Trinajstić information content (AvgIpc) is 2.98. The van der Waals surface area contributed by atoms with Gasteiger partial charge in [0.05, 0.1) is 18.8 Å². The second-order valence-electron chi connectivity index (χ2n) is 8.43. The topological polar surface area (TPSA) is 66.8 Å². The number of rotatable bonds is 6. The van der Waals surface area contributed by atoms with Crippen molar-refractivity contribution in [3.05, 3.63) is 48.0 Å². The fourth-order valence-electron chi connectivity index (χ4n) is 4.77. The minimum atomic E-state index is -0.369. The summed E-state index contributed by atoms with van der Waals surface area (Å²) in [6.45, 7) is 0.418. The van der Waals surface area contributed by atoms with Crippen molar-refractivity contribution in [1.82, 2.24) is 0 Å². The normalized spacial score (nSPS) is 30.7. The molecule has 2 aliphatic rings. The molecule has 4 nitrogen and oxygen atoms in total. The Hall–Kier alpha value is -1.65. The maximum absolute atomic E-state index is 11.8. The van der Waals surface area contributed by atoms with E-state index in [4.69, 9.17) is 4.74 Å². The van der Waals surface area contributed by atoms with Crippen molar-refractivity contribution in [2.24, 2.45) is 17.8 Å². The Labute approximate surface area is 168 Å². The fourth-order valence-corrected chi connectivity index (χ4v) is 4.77. The van der Waals surface area contributed by atoms with Gasteiger partial charge in [-0.15, -0.1) is 0 Å². The van der Waals surface area contributed by atoms with Gasteiger partial charge in [-0.2, -0.15) is 0 Å². The van der Waals surface area contributed by atoms with Crippen LogP contribution in [0.5, 0.6) is 0 Å². The molecule has 154 valence electrons. The van der Waals surface area contributed by atoms with Crippen molar-refractivity contribution < 1.29 is 19.7 Å². The lowest BCUT2D eigenvalue weighted by atomic mass is 9.83. The largest absolute Gasteiger partial charge is 0.465 e. The summed E-state index contributed by atoms with van der Waals surface area (Å²) in [6, 6.07) is 10.2. The van der Waals surface area contributed by atoms with Crippen LogP contribution in [-0.4, -0.2) is 35.0 Å². The average molecular weight is 387 g/mol. The van der Waals surface area contributed by atoms with Crippen LogP contribution in [0.25, 0.3) is 0 Å². The molecule has 1 aliphatic carbocycles. The summed E-state index contributed by atoms with van der Waals surface area (Å²) in [5.41, 5.74) is 1.25. The van der Waals surface area contributed by atoms with Gasteiger partial charge in [0.2, 0.25) is 0 Å². The van der Waals surface area contributed by atoms with Crippen LogP contribution >= 0.6 is 0 Å². The highest BCUT2D eigenvalue weighted by Crippen LogP contribution is 2.43. The molecule has 2 N–H and O–H groups in total. The first-order chi connectivity index (χ1) is 13.6. The molecule has 1 aliphatic heterocycles. The number of hydrogen-bond donors (Lipinski definition) is 2. The summed E-state index contributed by atoms with van der Waals surface area (Å²) in [6.07, 6.45) is 10.6. The van der Waals surface area contributed by atoms with E-state index in [0.29, 0.717) is 31.8 Å². The number of aryl methyl sites for hydroxylation is 1. The van der Waals surface area contributed by atoms with E-state index in [1.807, 2.05) is 18.2 Å². The summed E-state index contributed by atoms with van der Waals surface area (Å²) in [5.74, 6) is 0.579. The molecule has 3 rings (SSSR count). The van der Waals surface area contributed by atoms with E-state index in [2.05, 4.69) is 24.3 Å². The Morgan fingerprint density at radius 3 is 2.79 bits per heavy atom. The van der Waals surface area contributed by atoms with Crippen molar-refractivity contribution in [3.8, 4) is 0 Å². The van der Waals surface area contributed by atoms with Crippen molar-refractivity contribution in [2.45, 2.75) is 70.0 Å². The summed E-state index contributed by atoms with van der Waals surface area (Å²) in [7, 11) is 0. The Kier molecular flexibility index (Phi) is 8.11. The molecule has 1 aromatic rings. The molecular weight excluding hydrogens is 352 g/mol. The van der Waals surface area contributed by atoms with Gasteiger partial charge in [-0.25, -0.2) is 0 Å². The van der Waals surface area contributed by atoms with Crippen LogP contribution in [-0.2, 0) is 16.0 Å².